The van der Waals surface area contributed by atoms with Gasteiger partial charge in [0, 0.05) is 31.1 Å². The highest BCUT2D eigenvalue weighted by Gasteiger charge is 2.26. The Balaban J connectivity index is 1.44. The summed E-state index contributed by atoms with van der Waals surface area (Å²) in [7, 11) is 0. The first-order chi connectivity index (χ1) is 11.4. The fourth-order valence-corrected chi connectivity index (χ4v) is 3.87. The Hall–Kier alpha value is -1.36. The maximum Gasteiger partial charge on any atom is 0.134 e. The molecule has 2 aliphatic rings. The summed E-state index contributed by atoms with van der Waals surface area (Å²) in [6, 6.07) is 11.1. The predicted molar refractivity (Wildman–Crippen MR) is 91.5 cm³/mol. The van der Waals surface area contributed by atoms with Crippen LogP contribution in [-0.4, -0.2) is 55.2 Å². The number of piperidine rings is 1. The number of ether oxygens (including phenoxy) is 1. The molecular formula is C19H26N2O2. The Kier molecular flexibility index (Phi) is 4.64. The summed E-state index contributed by atoms with van der Waals surface area (Å²) in [5.74, 6) is 1.10. The van der Waals surface area contributed by atoms with Crippen LogP contribution in [0.4, 0.5) is 0 Å². The van der Waals surface area contributed by atoms with E-state index in [2.05, 4.69) is 34.1 Å². The van der Waals surface area contributed by atoms with Crippen molar-refractivity contribution in [1.82, 2.24) is 9.80 Å². The number of furan rings is 1. The van der Waals surface area contributed by atoms with E-state index in [0.29, 0.717) is 6.04 Å². The second kappa shape index (κ2) is 7.04. The van der Waals surface area contributed by atoms with Crippen molar-refractivity contribution in [3.8, 4) is 0 Å². The predicted octanol–water partition coefficient (Wildman–Crippen LogP) is 3.12. The van der Waals surface area contributed by atoms with E-state index in [4.69, 9.17) is 9.15 Å². The summed E-state index contributed by atoms with van der Waals surface area (Å²) in [4.78, 5) is 5.18. The van der Waals surface area contributed by atoms with Crippen LogP contribution in [0.15, 0.2) is 34.7 Å². The first-order valence-corrected chi connectivity index (χ1v) is 8.90. The van der Waals surface area contributed by atoms with E-state index in [1.54, 1.807) is 0 Å². The number of likely N-dealkylation sites (tertiary alicyclic amines) is 1. The van der Waals surface area contributed by atoms with Gasteiger partial charge in [0.1, 0.15) is 11.3 Å². The van der Waals surface area contributed by atoms with Crippen LogP contribution < -0.4 is 0 Å². The summed E-state index contributed by atoms with van der Waals surface area (Å²) in [5.41, 5.74) is 1.00. The van der Waals surface area contributed by atoms with Crippen molar-refractivity contribution in [3.05, 3.63) is 36.1 Å². The third kappa shape index (κ3) is 3.60. The fourth-order valence-electron chi connectivity index (χ4n) is 3.87. The van der Waals surface area contributed by atoms with Crippen molar-refractivity contribution >= 4 is 11.0 Å². The van der Waals surface area contributed by atoms with E-state index in [1.165, 1.54) is 37.7 Å². The quantitative estimate of drug-likeness (QED) is 0.867. The van der Waals surface area contributed by atoms with Gasteiger partial charge in [-0.15, -0.1) is 0 Å². The zero-order valence-electron chi connectivity index (χ0n) is 13.7. The van der Waals surface area contributed by atoms with E-state index >= 15 is 0 Å². The van der Waals surface area contributed by atoms with Crippen LogP contribution >= 0.6 is 0 Å². The molecule has 1 atom stereocenters. The fraction of sp³-hybridized carbons (Fsp3) is 0.579. The molecule has 3 heterocycles. The maximum absolute atomic E-state index is 6.03. The van der Waals surface area contributed by atoms with Crippen molar-refractivity contribution in [2.45, 2.75) is 31.8 Å². The van der Waals surface area contributed by atoms with Gasteiger partial charge in [0.25, 0.3) is 0 Å². The second-order valence-electron chi connectivity index (χ2n) is 6.78. The molecule has 0 amide bonds. The number of rotatable bonds is 4. The van der Waals surface area contributed by atoms with Gasteiger partial charge in [-0.05, 0) is 31.5 Å². The number of benzene rings is 1. The highest BCUT2D eigenvalue weighted by Crippen LogP contribution is 2.24. The molecule has 1 aromatic heterocycles. The summed E-state index contributed by atoms with van der Waals surface area (Å²) in [5, 5.41) is 1.21. The molecule has 0 bridgehead atoms. The molecule has 1 aromatic carbocycles. The topological polar surface area (TPSA) is 28.9 Å². The SMILES string of the molecule is c1ccc2oc(CN3CCCCC3CN3CCOCC3)cc2c1. The molecule has 0 N–H and O–H groups in total. The van der Waals surface area contributed by atoms with Gasteiger partial charge in [0.2, 0.25) is 0 Å². The lowest BCUT2D eigenvalue weighted by Crippen LogP contribution is -2.49. The minimum atomic E-state index is 0.648. The second-order valence-corrected chi connectivity index (χ2v) is 6.78. The van der Waals surface area contributed by atoms with Gasteiger partial charge in [0.15, 0.2) is 0 Å². The van der Waals surface area contributed by atoms with Crippen LogP contribution in [0.1, 0.15) is 25.0 Å². The van der Waals surface area contributed by atoms with Crippen LogP contribution in [0.25, 0.3) is 11.0 Å². The lowest BCUT2D eigenvalue weighted by Gasteiger charge is -2.39. The van der Waals surface area contributed by atoms with Crippen molar-refractivity contribution in [1.29, 1.82) is 0 Å². The molecule has 0 saturated carbocycles. The Morgan fingerprint density at radius 2 is 1.91 bits per heavy atom. The monoisotopic (exact) mass is 314 g/mol. The van der Waals surface area contributed by atoms with Crippen LogP contribution in [0, 0.1) is 0 Å². The van der Waals surface area contributed by atoms with E-state index in [9.17, 15) is 0 Å². The normalized spacial score (nSPS) is 24.3. The summed E-state index contributed by atoms with van der Waals surface area (Å²) in [6.45, 7) is 7.22. The minimum absolute atomic E-state index is 0.648. The van der Waals surface area contributed by atoms with Crippen LogP contribution in [0.3, 0.4) is 0 Å². The number of morpholine rings is 1. The van der Waals surface area contributed by atoms with E-state index in [1.807, 2.05) is 6.07 Å². The van der Waals surface area contributed by atoms with Gasteiger partial charge < -0.3 is 9.15 Å². The molecule has 4 heteroatoms. The molecule has 4 rings (SSSR count). The highest BCUT2D eigenvalue weighted by molar-refractivity contribution is 5.77. The molecule has 0 spiro atoms. The lowest BCUT2D eigenvalue weighted by atomic mass is 10.0. The van der Waals surface area contributed by atoms with E-state index in [-0.39, 0.29) is 0 Å². The van der Waals surface area contributed by atoms with Crippen molar-refractivity contribution in [2.24, 2.45) is 0 Å². The zero-order valence-corrected chi connectivity index (χ0v) is 13.7. The van der Waals surface area contributed by atoms with Gasteiger partial charge in [-0.1, -0.05) is 24.6 Å². The van der Waals surface area contributed by atoms with E-state index in [0.717, 1.165) is 44.2 Å². The number of hydrogen-bond acceptors (Lipinski definition) is 4. The molecular weight excluding hydrogens is 288 g/mol. The number of fused-ring (bicyclic) bond motifs is 1. The van der Waals surface area contributed by atoms with Crippen LogP contribution in [0.5, 0.6) is 0 Å². The van der Waals surface area contributed by atoms with Gasteiger partial charge in [-0.2, -0.15) is 0 Å². The Labute approximate surface area is 138 Å². The third-order valence-electron chi connectivity index (χ3n) is 5.16. The minimum Gasteiger partial charge on any atom is -0.460 e. The average Bonchev–Trinajstić information content (AvgIpc) is 3.00. The van der Waals surface area contributed by atoms with E-state index < -0.39 is 0 Å². The van der Waals surface area contributed by atoms with Gasteiger partial charge in [0.05, 0.1) is 19.8 Å². The molecule has 124 valence electrons. The van der Waals surface area contributed by atoms with Gasteiger partial charge >= 0.3 is 0 Å². The highest BCUT2D eigenvalue weighted by atomic mass is 16.5. The zero-order chi connectivity index (χ0) is 15.5. The molecule has 2 saturated heterocycles. The molecule has 1 unspecified atom stereocenters. The van der Waals surface area contributed by atoms with Gasteiger partial charge in [-0.25, -0.2) is 0 Å². The molecule has 2 aromatic rings. The number of para-hydroxylation sites is 1. The Bertz CT molecular complexity index is 600. The first-order valence-electron chi connectivity index (χ1n) is 8.90. The van der Waals surface area contributed by atoms with Crippen molar-refractivity contribution < 1.29 is 9.15 Å². The smallest absolute Gasteiger partial charge is 0.134 e. The molecule has 2 aliphatic heterocycles. The summed E-state index contributed by atoms with van der Waals surface area (Å²) < 4.78 is 11.5. The standard InChI is InChI=1S/C19H26N2O2/c1-2-7-19-16(5-1)13-18(23-19)15-21-8-4-3-6-17(21)14-20-9-11-22-12-10-20/h1-2,5,7,13,17H,3-4,6,8-12,14-15H2. The number of hydrogen-bond donors (Lipinski definition) is 0. The summed E-state index contributed by atoms with van der Waals surface area (Å²) in [6.07, 6.45) is 3.96. The average molecular weight is 314 g/mol. The third-order valence-corrected chi connectivity index (χ3v) is 5.16. The van der Waals surface area contributed by atoms with Crippen LogP contribution in [0.2, 0.25) is 0 Å². The molecule has 23 heavy (non-hydrogen) atoms. The molecule has 4 nitrogen and oxygen atoms in total. The lowest BCUT2D eigenvalue weighted by molar-refractivity contribution is 0.0143. The Morgan fingerprint density at radius 3 is 2.78 bits per heavy atom. The Morgan fingerprint density at radius 1 is 1.04 bits per heavy atom. The van der Waals surface area contributed by atoms with Crippen molar-refractivity contribution in [3.63, 3.8) is 0 Å². The maximum atomic E-state index is 6.03. The number of nitrogens with zero attached hydrogens (tertiary/aromatic N) is 2. The van der Waals surface area contributed by atoms with Gasteiger partial charge in [-0.3, -0.25) is 9.80 Å². The molecule has 0 aliphatic carbocycles. The largest absolute Gasteiger partial charge is 0.460 e. The van der Waals surface area contributed by atoms with Crippen molar-refractivity contribution in [2.75, 3.05) is 39.4 Å². The molecule has 0 radical (unpaired) electrons. The van der Waals surface area contributed by atoms with Crippen LogP contribution in [-0.2, 0) is 11.3 Å². The first kappa shape index (κ1) is 15.2. The summed E-state index contributed by atoms with van der Waals surface area (Å²) >= 11 is 0. The molecule has 2 fully saturated rings.